The molecule has 0 radical (unpaired) electrons. The van der Waals surface area contributed by atoms with Crippen molar-refractivity contribution >= 4 is 53.4 Å². The Morgan fingerprint density at radius 2 is 2.03 bits per heavy atom. The molecular weight excluding hydrogens is 529 g/mol. The lowest BCUT2D eigenvalue weighted by Gasteiger charge is -2.19. The fraction of sp³-hybridized carbons (Fsp3) is 0.667. The number of aliphatic hydroxyl groups excluding tert-OH is 1. The van der Waals surface area contributed by atoms with Crippen LogP contribution in [0.25, 0.3) is 11.2 Å². The molecule has 2 fully saturated rings. The maximum absolute atomic E-state index is 9.95. The second-order valence-electron chi connectivity index (χ2n) is 8.59. The van der Waals surface area contributed by atoms with Gasteiger partial charge in [-0.25, -0.2) is 4.98 Å². The number of aromatic nitrogens is 3. The highest BCUT2D eigenvalue weighted by Gasteiger charge is 2.48. The number of aliphatic hydroxyl groups is 1. The molecule has 2 unspecified atom stereocenters. The van der Waals surface area contributed by atoms with E-state index >= 15 is 0 Å². The molecule has 2 saturated heterocycles. The molecule has 0 bridgehead atoms. The van der Waals surface area contributed by atoms with Crippen molar-refractivity contribution in [2.45, 2.75) is 56.8 Å². The van der Waals surface area contributed by atoms with E-state index in [2.05, 4.69) is 52.2 Å². The Bertz CT molecular complexity index is 892. The maximum atomic E-state index is 9.95. The van der Waals surface area contributed by atoms with Crippen molar-refractivity contribution in [3.05, 3.63) is 14.8 Å². The highest BCUT2D eigenvalue weighted by molar-refractivity contribution is 14.1. The minimum absolute atomic E-state index is 0.251. The van der Waals surface area contributed by atoms with E-state index in [-0.39, 0.29) is 31.6 Å². The van der Waals surface area contributed by atoms with E-state index in [1.54, 1.807) is 6.07 Å². The summed E-state index contributed by atoms with van der Waals surface area (Å²) in [5, 5.41) is 10.5. The summed E-state index contributed by atoms with van der Waals surface area (Å²) in [5.74, 6) is 0. The van der Waals surface area contributed by atoms with Gasteiger partial charge in [0.1, 0.15) is 34.3 Å². The molecule has 0 saturated carbocycles. The standard InChI is InChI=1S/C18H25ClIN3O5Si/c1-29(2,3)5-4-25-9-23-17-11(6-10(19)16(20)22-17)21-18(23)28-13-8-27-14-12(24)7-26-15(13)14/h6,12-15,24H,4-5,7-9H2,1-3H3/t12-,13-,14?,15?/m1/s1. The normalized spacial score (nSPS) is 27.0. The summed E-state index contributed by atoms with van der Waals surface area (Å²) in [6.07, 6.45) is -1.66. The lowest BCUT2D eigenvalue weighted by atomic mass is 10.1. The highest BCUT2D eigenvalue weighted by atomic mass is 127. The van der Waals surface area contributed by atoms with Gasteiger partial charge in [0, 0.05) is 14.7 Å². The first-order chi connectivity index (χ1) is 13.7. The number of halogens is 2. The number of hydrogen-bond acceptors (Lipinski definition) is 7. The quantitative estimate of drug-likeness (QED) is 0.244. The lowest BCUT2D eigenvalue weighted by molar-refractivity contribution is 0.00336. The van der Waals surface area contributed by atoms with Crippen LogP contribution >= 0.6 is 34.2 Å². The van der Waals surface area contributed by atoms with Crippen molar-refractivity contribution in [3.63, 3.8) is 0 Å². The first kappa shape index (κ1) is 21.7. The van der Waals surface area contributed by atoms with E-state index in [0.717, 1.165) is 6.04 Å². The van der Waals surface area contributed by atoms with Crippen LogP contribution in [0.15, 0.2) is 6.07 Å². The Labute approximate surface area is 189 Å². The molecule has 4 atom stereocenters. The molecule has 2 aliphatic rings. The fourth-order valence-corrected chi connectivity index (χ4v) is 4.69. The van der Waals surface area contributed by atoms with E-state index in [1.165, 1.54) is 0 Å². The van der Waals surface area contributed by atoms with Gasteiger partial charge in [0.15, 0.2) is 11.8 Å². The van der Waals surface area contributed by atoms with Crippen LogP contribution < -0.4 is 4.74 Å². The van der Waals surface area contributed by atoms with Gasteiger partial charge in [-0.3, -0.25) is 4.57 Å². The van der Waals surface area contributed by atoms with E-state index in [0.29, 0.717) is 39.1 Å². The molecule has 2 aromatic rings. The average molecular weight is 554 g/mol. The number of nitrogens with zero attached hydrogens (tertiary/aromatic N) is 3. The van der Waals surface area contributed by atoms with Crippen LogP contribution in [-0.2, 0) is 20.9 Å². The number of rotatable bonds is 7. The lowest BCUT2D eigenvalue weighted by Crippen LogP contribution is -2.35. The summed E-state index contributed by atoms with van der Waals surface area (Å²) < 4.78 is 25.9. The van der Waals surface area contributed by atoms with Crippen molar-refractivity contribution in [1.82, 2.24) is 14.5 Å². The van der Waals surface area contributed by atoms with Gasteiger partial charge in [0.05, 0.1) is 18.2 Å². The third-order valence-electron chi connectivity index (χ3n) is 5.05. The molecule has 0 aliphatic carbocycles. The zero-order valence-corrected chi connectivity index (χ0v) is 20.5. The molecule has 11 heteroatoms. The molecule has 0 aromatic carbocycles. The van der Waals surface area contributed by atoms with Crippen molar-refractivity contribution in [2.75, 3.05) is 19.8 Å². The molecule has 160 valence electrons. The topological polar surface area (TPSA) is 87.9 Å². The Morgan fingerprint density at radius 3 is 2.79 bits per heavy atom. The smallest absolute Gasteiger partial charge is 0.301 e. The molecule has 8 nitrogen and oxygen atoms in total. The average Bonchev–Trinajstić information content (AvgIpc) is 3.29. The van der Waals surface area contributed by atoms with Gasteiger partial charge in [0.2, 0.25) is 0 Å². The Balaban J connectivity index is 1.57. The van der Waals surface area contributed by atoms with Crippen LogP contribution in [0.2, 0.25) is 30.7 Å². The molecule has 0 amide bonds. The SMILES string of the molecule is C[Si](C)(C)CCOCn1c(O[C@@H]2COC3C2OC[C@H]3O)nc2cc(Cl)c(I)nc21. The number of pyridine rings is 1. The van der Waals surface area contributed by atoms with Crippen LogP contribution in [0.5, 0.6) is 6.01 Å². The van der Waals surface area contributed by atoms with E-state index in [9.17, 15) is 5.11 Å². The minimum atomic E-state index is -1.19. The van der Waals surface area contributed by atoms with Gasteiger partial charge in [-0.1, -0.05) is 31.2 Å². The van der Waals surface area contributed by atoms with Crippen LogP contribution in [0.4, 0.5) is 0 Å². The van der Waals surface area contributed by atoms with Crippen LogP contribution in [0.1, 0.15) is 0 Å². The summed E-state index contributed by atoms with van der Waals surface area (Å²) >= 11 is 8.33. The molecule has 2 aliphatic heterocycles. The fourth-order valence-electron chi connectivity index (χ4n) is 3.40. The molecule has 29 heavy (non-hydrogen) atoms. The number of imidazole rings is 1. The predicted octanol–water partition coefficient (Wildman–Crippen LogP) is 2.91. The summed E-state index contributed by atoms with van der Waals surface area (Å²) in [6, 6.07) is 3.23. The van der Waals surface area contributed by atoms with Gasteiger partial charge in [0.25, 0.3) is 0 Å². The maximum Gasteiger partial charge on any atom is 0.301 e. The molecule has 1 N–H and O–H groups in total. The van der Waals surface area contributed by atoms with Crippen molar-refractivity contribution < 1.29 is 24.1 Å². The summed E-state index contributed by atoms with van der Waals surface area (Å²) in [4.78, 5) is 9.16. The predicted molar refractivity (Wildman–Crippen MR) is 119 cm³/mol. The van der Waals surface area contributed by atoms with E-state index in [4.69, 9.17) is 30.5 Å². The molecule has 4 heterocycles. The zero-order valence-electron chi connectivity index (χ0n) is 16.6. The van der Waals surface area contributed by atoms with Crippen LogP contribution in [-0.4, -0.2) is 72.0 Å². The van der Waals surface area contributed by atoms with Crippen molar-refractivity contribution in [3.8, 4) is 6.01 Å². The summed E-state index contributed by atoms with van der Waals surface area (Å²) in [7, 11) is -1.19. The first-order valence-electron chi connectivity index (χ1n) is 9.61. The van der Waals surface area contributed by atoms with Gasteiger partial charge in [-0.05, 0) is 34.7 Å². The second-order valence-corrected chi connectivity index (χ2v) is 15.6. The van der Waals surface area contributed by atoms with Crippen molar-refractivity contribution in [1.29, 1.82) is 0 Å². The van der Waals surface area contributed by atoms with Gasteiger partial charge in [-0.2, -0.15) is 4.98 Å². The largest absolute Gasteiger partial charge is 0.456 e. The first-order valence-corrected chi connectivity index (χ1v) is 14.8. The number of fused-ring (bicyclic) bond motifs is 2. The Kier molecular flexibility index (Phi) is 6.41. The van der Waals surface area contributed by atoms with Gasteiger partial charge < -0.3 is 24.1 Å². The summed E-state index contributed by atoms with van der Waals surface area (Å²) in [5.41, 5.74) is 1.30. The molecule has 0 spiro atoms. The van der Waals surface area contributed by atoms with Gasteiger partial charge in [-0.15, -0.1) is 0 Å². The molecule has 2 aromatic heterocycles. The summed E-state index contributed by atoms with van der Waals surface area (Å²) in [6.45, 7) is 8.48. The Morgan fingerprint density at radius 1 is 1.28 bits per heavy atom. The van der Waals surface area contributed by atoms with E-state index < -0.39 is 14.2 Å². The molecule has 4 rings (SSSR count). The molecular formula is C18H25ClIN3O5Si. The van der Waals surface area contributed by atoms with Gasteiger partial charge >= 0.3 is 6.01 Å². The zero-order chi connectivity index (χ0) is 20.8. The van der Waals surface area contributed by atoms with Crippen molar-refractivity contribution in [2.24, 2.45) is 0 Å². The number of ether oxygens (including phenoxy) is 4. The second kappa shape index (κ2) is 8.56. The number of hydrogen-bond donors (Lipinski definition) is 1. The van der Waals surface area contributed by atoms with Crippen LogP contribution in [0.3, 0.4) is 0 Å². The van der Waals surface area contributed by atoms with E-state index in [1.807, 2.05) is 4.57 Å². The third-order valence-corrected chi connectivity index (χ3v) is 8.19. The van der Waals surface area contributed by atoms with Crippen LogP contribution in [0, 0.1) is 3.70 Å². The third kappa shape index (κ3) is 4.73. The highest BCUT2D eigenvalue weighted by Crippen LogP contribution is 2.32. The minimum Gasteiger partial charge on any atom is -0.456 e. The Hall–Kier alpha value is -0.503. The monoisotopic (exact) mass is 553 g/mol.